The van der Waals surface area contributed by atoms with E-state index in [1.54, 1.807) is 6.92 Å². The summed E-state index contributed by atoms with van der Waals surface area (Å²) in [5.41, 5.74) is 5.26. The van der Waals surface area contributed by atoms with Gasteiger partial charge in [0.25, 0.3) is 5.69 Å². The molecule has 6 heteroatoms. The lowest BCUT2D eigenvalue weighted by Gasteiger charge is -2.06. The van der Waals surface area contributed by atoms with Crippen LogP contribution in [0.4, 0.5) is 11.4 Å². The number of ether oxygens (including phenoxy) is 1. The molecular weight excluding hydrogens is 198 g/mol. The van der Waals surface area contributed by atoms with E-state index in [0.717, 1.165) is 6.07 Å². The molecule has 0 saturated carbocycles. The summed E-state index contributed by atoms with van der Waals surface area (Å²) >= 11 is 0. The maximum absolute atomic E-state index is 10.5. The third-order valence-electron chi connectivity index (χ3n) is 1.75. The molecular formula is C9H9N3O3. The predicted molar refractivity (Wildman–Crippen MR) is 53.4 cm³/mol. The zero-order valence-electron chi connectivity index (χ0n) is 8.06. The molecule has 1 aromatic rings. The minimum atomic E-state index is -0.633. The summed E-state index contributed by atoms with van der Waals surface area (Å²) in [4.78, 5) is 9.90. The van der Waals surface area contributed by atoms with Crippen molar-refractivity contribution >= 4 is 11.4 Å². The first-order valence-electron chi connectivity index (χ1n) is 4.21. The van der Waals surface area contributed by atoms with Crippen LogP contribution in [0.1, 0.15) is 12.5 Å². The van der Waals surface area contributed by atoms with Crippen molar-refractivity contribution in [2.45, 2.75) is 6.92 Å². The second kappa shape index (κ2) is 4.28. The summed E-state index contributed by atoms with van der Waals surface area (Å²) in [6, 6.07) is 4.22. The summed E-state index contributed by atoms with van der Waals surface area (Å²) in [5.74, 6) is 0.267. The fourth-order valence-corrected chi connectivity index (χ4v) is 1.10. The van der Waals surface area contributed by atoms with Gasteiger partial charge < -0.3 is 10.5 Å². The first-order chi connectivity index (χ1) is 7.10. The summed E-state index contributed by atoms with van der Waals surface area (Å²) in [6.07, 6.45) is 0. The summed E-state index contributed by atoms with van der Waals surface area (Å²) in [6.45, 7) is 2.12. The molecule has 0 radical (unpaired) electrons. The number of nitro groups is 1. The molecule has 0 atom stereocenters. The van der Waals surface area contributed by atoms with Gasteiger partial charge in [-0.15, -0.1) is 0 Å². The predicted octanol–water partition coefficient (Wildman–Crippen LogP) is 1.45. The number of benzene rings is 1. The number of nitro benzene ring substituents is 1. The van der Waals surface area contributed by atoms with Gasteiger partial charge in [0.1, 0.15) is 23.1 Å². The van der Waals surface area contributed by atoms with Crippen LogP contribution >= 0.6 is 0 Å². The van der Waals surface area contributed by atoms with Crippen LogP contribution in [0.3, 0.4) is 0 Å². The Hall–Kier alpha value is -2.29. The van der Waals surface area contributed by atoms with Gasteiger partial charge in [0.2, 0.25) is 0 Å². The Morgan fingerprint density at radius 2 is 2.33 bits per heavy atom. The Bertz CT molecular complexity index is 437. The highest BCUT2D eigenvalue weighted by atomic mass is 16.6. The van der Waals surface area contributed by atoms with E-state index in [-0.39, 0.29) is 22.7 Å². The lowest BCUT2D eigenvalue weighted by molar-refractivity contribution is -0.383. The summed E-state index contributed by atoms with van der Waals surface area (Å²) in [5, 5.41) is 19.3. The van der Waals surface area contributed by atoms with Gasteiger partial charge in [0.05, 0.1) is 11.5 Å². The molecule has 0 aliphatic rings. The van der Waals surface area contributed by atoms with Crippen molar-refractivity contribution in [2.24, 2.45) is 0 Å². The Morgan fingerprint density at radius 1 is 1.67 bits per heavy atom. The Labute approximate surface area is 86.0 Å². The van der Waals surface area contributed by atoms with Crippen molar-refractivity contribution in [1.29, 1.82) is 5.26 Å². The van der Waals surface area contributed by atoms with E-state index in [2.05, 4.69) is 0 Å². The van der Waals surface area contributed by atoms with Gasteiger partial charge in [-0.05, 0) is 6.92 Å². The number of hydrogen-bond donors (Lipinski definition) is 1. The average molecular weight is 207 g/mol. The van der Waals surface area contributed by atoms with Crippen molar-refractivity contribution in [1.82, 2.24) is 0 Å². The quantitative estimate of drug-likeness (QED) is 0.459. The smallest absolute Gasteiger partial charge is 0.293 e. The summed E-state index contributed by atoms with van der Waals surface area (Å²) in [7, 11) is 0. The molecule has 0 bridgehead atoms. The van der Waals surface area contributed by atoms with Gasteiger partial charge in [0.15, 0.2) is 0 Å². The zero-order valence-corrected chi connectivity index (χ0v) is 8.06. The fraction of sp³-hybridized carbons (Fsp3) is 0.222. The number of anilines is 1. The number of rotatable bonds is 3. The van der Waals surface area contributed by atoms with Crippen LogP contribution in [0.5, 0.6) is 5.75 Å². The normalized spacial score (nSPS) is 9.33. The largest absolute Gasteiger partial charge is 0.492 e. The minimum Gasteiger partial charge on any atom is -0.492 e. The van der Waals surface area contributed by atoms with E-state index in [9.17, 15) is 10.1 Å². The Balaban J connectivity index is 3.30. The molecule has 0 spiro atoms. The molecule has 0 aromatic heterocycles. The number of nitrogens with zero attached hydrogens (tertiary/aromatic N) is 2. The van der Waals surface area contributed by atoms with Gasteiger partial charge in [-0.25, -0.2) is 0 Å². The van der Waals surface area contributed by atoms with Crippen LogP contribution < -0.4 is 10.5 Å². The SMILES string of the molecule is CCOc1cc(N)c([N+](=O)[O-])cc1C#N. The molecule has 0 heterocycles. The topological polar surface area (TPSA) is 102 Å². The van der Waals surface area contributed by atoms with Gasteiger partial charge in [-0.1, -0.05) is 0 Å². The van der Waals surface area contributed by atoms with E-state index in [0.29, 0.717) is 6.61 Å². The van der Waals surface area contributed by atoms with Gasteiger partial charge in [-0.2, -0.15) is 5.26 Å². The molecule has 15 heavy (non-hydrogen) atoms. The second-order valence-corrected chi connectivity index (χ2v) is 2.71. The lowest BCUT2D eigenvalue weighted by Crippen LogP contribution is -2.00. The number of hydrogen-bond acceptors (Lipinski definition) is 5. The zero-order chi connectivity index (χ0) is 11.4. The van der Waals surface area contributed by atoms with Crippen LogP contribution in [0.15, 0.2) is 12.1 Å². The molecule has 0 aliphatic carbocycles. The molecule has 1 aromatic carbocycles. The number of nitriles is 1. The summed E-state index contributed by atoms with van der Waals surface area (Å²) < 4.78 is 5.12. The monoisotopic (exact) mass is 207 g/mol. The van der Waals surface area contributed by atoms with Crippen LogP contribution in [-0.4, -0.2) is 11.5 Å². The van der Waals surface area contributed by atoms with E-state index in [1.807, 2.05) is 6.07 Å². The van der Waals surface area contributed by atoms with Crippen LogP contribution in [-0.2, 0) is 0 Å². The average Bonchev–Trinajstić information content (AvgIpc) is 2.18. The standard InChI is InChI=1S/C9H9N3O3/c1-2-15-9-4-7(11)8(12(13)14)3-6(9)5-10/h3-4H,2,11H2,1H3. The van der Waals surface area contributed by atoms with Crippen LogP contribution in [0.25, 0.3) is 0 Å². The van der Waals surface area contributed by atoms with Crippen molar-refractivity contribution in [3.63, 3.8) is 0 Å². The highest BCUT2D eigenvalue weighted by Crippen LogP contribution is 2.30. The fourth-order valence-electron chi connectivity index (χ4n) is 1.10. The lowest BCUT2D eigenvalue weighted by atomic mass is 10.1. The number of nitrogen functional groups attached to an aromatic ring is 1. The second-order valence-electron chi connectivity index (χ2n) is 2.71. The van der Waals surface area contributed by atoms with Gasteiger partial charge in [0, 0.05) is 12.1 Å². The van der Waals surface area contributed by atoms with Crippen LogP contribution in [0.2, 0.25) is 0 Å². The van der Waals surface area contributed by atoms with Crippen molar-refractivity contribution < 1.29 is 9.66 Å². The first kappa shape index (κ1) is 10.8. The van der Waals surface area contributed by atoms with E-state index in [4.69, 9.17) is 15.7 Å². The van der Waals surface area contributed by atoms with Crippen molar-refractivity contribution in [2.75, 3.05) is 12.3 Å². The minimum absolute atomic E-state index is 0.0116. The molecule has 0 fully saturated rings. The highest BCUT2D eigenvalue weighted by molar-refractivity contribution is 5.66. The third-order valence-corrected chi connectivity index (χ3v) is 1.75. The molecule has 0 unspecified atom stereocenters. The molecule has 6 nitrogen and oxygen atoms in total. The van der Waals surface area contributed by atoms with Crippen molar-refractivity contribution in [3.8, 4) is 11.8 Å². The highest BCUT2D eigenvalue weighted by Gasteiger charge is 2.16. The Kier molecular flexibility index (Phi) is 3.08. The molecule has 0 aliphatic heterocycles. The van der Waals surface area contributed by atoms with Gasteiger partial charge >= 0.3 is 0 Å². The van der Waals surface area contributed by atoms with Gasteiger partial charge in [-0.3, -0.25) is 10.1 Å². The van der Waals surface area contributed by atoms with E-state index < -0.39 is 4.92 Å². The molecule has 1 rings (SSSR count). The van der Waals surface area contributed by atoms with E-state index >= 15 is 0 Å². The third kappa shape index (κ3) is 2.14. The Morgan fingerprint density at radius 3 is 2.80 bits per heavy atom. The maximum atomic E-state index is 10.5. The molecule has 2 N–H and O–H groups in total. The van der Waals surface area contributed by atoms with Crippen LogP contribution in [0, 0.1) is 21.4 Å². The van der Waals surface area contributed by atoms with Crippen molar-refractivity contribution in [3.05, 3.63) is 27.8 Å². The first-order valence-corrected chi connectivity index (χ1v) is 4.21. The van der Waals surface area contributed by atoms with E-state index in [1.165, 1.54) is 6.07 Å². The molecule has 0 amide bonds. The number of nitrogens with two attached hydrogens (primary N) is 1. The molecule has 0 saturated heterocycles. The maximum Gasteiger partial charge on any atom is 0.293 e. The molecule has 78 valence electrons.